The molecule has 1 N–H and O–H groups in total. The van der Waals surface area contributed by atoms with Crippen LogP contribution in [0.3, 0.4) is 0 Å². The third kappa shape index (κ3) is 8.04. The van der Waals surface area contributed by atoms with Crippen LogP contribution >= 0.6 is 23.2 Å². The highest BCUT2D eigenvalue weighted by atomic mass is 35.5. The van der Waals surface area contributed by atoms with Gasteiger partial charge in [-0.05, 0) is 60.9 Å². The fourth-order valence-corrected chi connectivity index (χ4v) is 4.02. The van der Waals surface area contributed by atoms with E-state index in [0.29, 0.717) is 35.9 Å². The van der Waals surface area contributed by atoms with Gasteiger partial charge >= 0.3 is 0 Å². The molecule has 0 bridgehead atoms. The first-order valence-electron chi connectivity index (χ1n) is 11.6. The van der Waals surface area contributed by atoms with E-state index in [4.69, 9.17) is 23.2 Å². The van der Waals surface area contributed by atoms with Gasteiger partial charge in [-0.25, -0.2) is 0 Å². The van der Waals surface area contributed by atoms with Gasteiger partial charge in [0.05, 0.1) is 10.0 Å². The van der Waals surface area contributed by atoms with Crippen LogP contribution in [0.25, 0.3) is 0 Å². The number of nitrogens with zero attached hydrogens (tertiary/aromatic N) is 1. The van der Waals surface area contributed by atoms with Crippen LogP contribution in [0.5, 0.6) is 0 Å². The number of carbonyl (C=O) groups is 2. The van der Waals surface area contributed by atoms with Crippen LogP contribution in [0.4, 0.5) is 0 Å². The number of hydrogen-bond acceptors (Lipinski definition) is 2. The highest BCUT2D eigenvalue weighted by molar-refractivity contribution is 6.42. The number of aryl methyl sites for hydroxylation is 1. The largest absolute Gasteiger partial charge is 0.352 e. The number of rotatable bonds is 9. The Labute approximate surface area is 208 Å². The van der Waals surface area contributed by atoms with Gasteiger partial charge in [0, 0.05) is 19.0 Å². The molecule has 0 aliphatic carbocycles. The van der Waals surface area contributed by atoms with Gasteiger partial charge in [-0.2, -0.15) is 0 Å². The van der Waals surface area contributed by atoms with Crippen molar-refractivity contribution in [1.82, 2.24) is 10.2 Å². The molecule has 2 rings (SSSR count). The van der Waals surface area contributed by atoms with Crippen LogP contribution in [0, 0.1) is 0 Å². The van der Waals surface area contributed by atoms with Crippen molar-refractivity contribution >= 4 is 35.0 Å². The maximum absolute atomic E-state index is 13.4. The lowest BCUT2D eigenvalue weighted by molar-refractivity contribution is -0.141. The van der Waals surface area contributed by atoms with E-state index < -0.39 is 6.04 Å². The van der Waals surface area contributed by atoms with Gasteiger partial charge in [0.25, 0.3) is 0 Å². The lowest BCUT2D eigenvalue weighted by Gasteiger charge is -2.31. The number of hydrogen-bond donors (Lipinski definition) is 1. The lowest BCUT2D eigenvalue weighted by atomic mass is 9.86. The minimum atomic E-state index is -0.558. The fraction of sp³-hybridized carbons (Fsp3) is 0.481. The quantitative estimate of drug-likeness (QED) is 0.432. The molecule has 4 nitrogen and oxygen atoms in total. The summed E-state index contributed by atoms with van der Waals surface area (Å²) in [5.41, 5.74) is 3.28. The maximum atomic E-state index is 13.4. The van der Waals surface area contributed by atoms with Crippen molar-refractivity contribution < 1.29 is 9.59 Å². The Morgan fingerprint density at radius 1 is 0.970 bits per heavy atom. The molecule has 1 atom stereocenters. The van der Waals surface area contributed by atoms with Crippen molar-refractivity contribution in [3.05, 3.63) is 69.2 Å². The molecule has 0 saturated heterocycles. The van der Waals surface area contributed by atoms with Crippen LogP contribution in [0.2, 0.25) is 10.0 Å². The highest BCUT2D eigenvalue weighted by Gasteiger charge is 2.29. The van der Waals surface area contributed by atoms with Crippen LogP contribution in [-0.4, -0.2) is 28.8 Å². The standard InChI is InChI=1S/C27H36Cl2N2O2/c1-7-24(26(33)30-18(2)3)31(17-20-10-14-22(28)23(29)16-20)25(32)15-11-19-8-12-21(13-9-19)27(4,5)6/h8-10,12-14,16,18,24H,7,11,15,17H2,1-6H3,(H,30,33)/t24-/m1/s1. The SMILES string of the molecule is CC[C@H](C(=O)NC(C)C)N(Cc1ccc(Cl)c(Cl)c1)C(=O)CCc1ccc(C(C)(C)C)cc1. The Hall–Kier alpha value is -2.04. The molecule has 180 valence electrons. The molecule has 2 aromatic carbocycles. The lowest BCUT2D eigenvalue weighted by Crippen LogP contribution is -2.50. The molecule has 0 aliphatic rings. The number of nitrogens with one attached hydrogen (secondary N) is 1. The molecule has 2 amide bonds. The Morgan fingerprint density at radius 2 is 1.58 bits per heavy atom. The van der Waals surface area contributed by atoms with E-state index in [1.165, 1.54) is 5.56 Å². The first kappa shape index (κ1) is 27.2. The predicted octanol–water partition coefficient (Wildman–Crippen LogP) is 6.56. The summed E-state index contributed by atoms with van der Waals surface area (Å²) in [6.45, 7) is 12.6. The second-order valence-corrected chi connectivity index (χ2v) is 10.6. The molecule has 6 heteroatoms. The molecule has 0 spiro atoms. The minimum Gasteiger partial charge on any atom is -0.352 e. The molecule has 0 aromatic heterocycles. The van der Waals surface area contributed by atoms with E-state index in [9.17, 15) is 9.59 Å². The molecule has 0 heterocycles. The van der Waals surface area contributed by atoms with Gasteiger partial charge in [0.15, 0.2) is 0 Å². The van der Waals surface area contributed by atoms with E-state index in [0.717, 1.165) is 11.1 Å². The molecule has 0 aliphatic heterocycles. The fourth-order valence-electron chi connectivity index (χ4n) is 3.70. The summed E-state index contributed by atoms with van der Waals surface area (Å²) in [7, 11) is 0. The maximum Gasteiger partial charge on any atom is 0.243 e. The van der Waals surface area contributed by atoms with E-state index >= 15 is 0 Å². The summed E-state index contributed by atoms with van der Waals surface area (Å²) in [4.78, 5) is 27.9. The zero-order valence-corrected chi connectivity index (χ0v) is 22.1. The molecule has 0 radical (unpaired) electrons. The van der Waals surface area contributed by atoms with Crippen molar-refractivity contribution in [3.8, 4) is 0 Å². The van der Waals surface area contributed by atoms with Gasteiger partial charge in [-0.3, -0.25) is 9.59 Å². The van der Waals surface area contributed by atoms with Crippen molar-refractivity contribution in [3.63, 3.8) is 0 Å². The zero-order valence-electron chi connectivity index (χ0n) is 20.5. The van der Waals surface area contributed by atoms with Crippen molar-refractivity contribution in [2.45, 2.75) is 84.8 Å². The van der Waals surface area contributed by atoms with E-state index in [1.54, 1.807) is 17.0 Å². The monoisotopic (exact) mass is 490 g/mol. The van der Waals surface area contributed by atoms with Gasteiger partial charge in [0.2, 0.25) is 11.8 Å². The van der Waals surface area contributed by atoms with Gasteiger partial charge < -0.3 is 10.2 Å². The highest BCUT2D eigenvalue weighted by Crippen LogP contribution is 2.25. The topological polar surface area (TPSA) is 49.4 Å². The Balaban J connectivity index is 2.22. The molecule has 0 fully saturated rings. The normalized spacial score (nSPS) is 12.5. The smallest absolute Gasteiger partial charge is 0.243 e. The Kier molecular flexibility index (Phi) is 9.81. The Morgan fingerprint density at radius 3 is 2.09 bits per heavy atom. The summed E-state index contributed by atoms with van der Waals surface area (Å²) < 4.78 is 0. The third-order valence-electron chi connectivity index (χ3n) is 5.60. The number of benzene rings is 2. The predicted molar refractivity (Wildman–Crippen MR) is 138 cm³/mol. The van der Waals surface area contributed by atoms with Gasteiger partial charge in [-0.15, -0.1) is 0 Å². The van der Waals surface area contributed by atoms with E-state index in [-0.39, 0.29) is 23.3 Å². The first-order valence-corrected chi connectivity index (χ1v) is 12.3. The summed E-state index contributed by atoms with van der Waals surface area (Å²) in [5, 5.41) is 3.84. The minimum absolute atomic E-state index is 0.00481. The number of halogens is 2. The molecule has 0 unspecified atom stereocenters. The molecule has 0 saturated carbocycles. The summed E-state index contributed by atoms with van der Waals surface area (Å²) in [5.74, 6) is -0.206. The van der Waals surface area contributed by atoms with Crippen molar-refractivity contribution in [2.75, 3.05) is 0 Å². The summed E-state index contributed by atoms with van der Waals surface area (Å²) in [6, 6.07) is 13.2. The number of amides is 2. The van der Waals surface area contributed by atoms with Gasteiger partial charge in [-0.1, -0.05) is 81.2 Å². The van der Waals surface area contributed by atoms with Crippen molar-refractivity contribution in [2.24, 2.45) is 0 Å². The average Bonchev–Trinajstić information content (AvgIpc) is 2.73. The second kappa shape index (κ2) is 11.9. The average molecular weight is 492 g/mol. The van der Waals surface area contributed by atoms with E-state index in [1.807, 2.05) is 26.8 Å². The van der Waals surface area contributed by atoms with Crippen LogP contribution in [0.1, 0.15) is 71.1 Å². The zero-order chi connectivity index (χ0) is 24.8. The first-order chi connectivity index (χ1) is 15.4. The summed E-state index contributed by atoms with van der Waals surface area (Å²) >= 11 is 12.3. The van der Waals surface area contributed by atoms with Crippen molar-refractivity contribution in [1.29, 1.82) is 0 Å². The van der Waals surface area contributed by atoms with Crippen LogP contribution < -0.4 is 5.32 Å². The molecular formula is C27H36Cl2N2O2. The van der Waals surface area contributed by atoms with Gasteiger partial charge in [0.1, 0.15) is 6.04 Å². The molecule has 2 aromatic rings. The third-order valence-corrected chi connectivity index (χ3v) is 6.34. The van der Waals surface area contributed by atoms with Crippen LogP contribution in [0.15, 0.2) is 42.5 Å². The Bertz CT molecular complexity index is 950. The number of carbonyl (C=O) groups excluding carboxylic acids is 2. The second-order valence-electron chi connectivity index (χ2n) is 9.80. The molecular weight excluding hydrogens is 455 g/mol. The molecule has 33 heavy (non-hydrogen) atoms. The van der Waals surface area contributed by atoms with E-state index in [2.05, 4.69) is 50.4 Å². The summed E-state index contributed by atoms with van der Waals surface area (Å²) in [6.07, 6.45) is 1.46. The van der Waals surface area contributed by atoms with Crippen LogP contribution in [-0.2, 0) is 28.0 Å².